The number of hydrogen-bond acceptors (Lipinski definition) is 3. The second kappa shape index (κ2) is 22.5. The number of carboxylic acids is 1. The minimum atomic E-state index is -0.978. The molecule has 0 aliphatic carbocycles. The molecule has 0 unspecified atom stereocenters. The molecule has 25 heavy (non-hydrogen) atoms. The third kappa shape index (κ3) is 24.4. The number of unbranched alkanes of at least 4 members (excludes halogenated alkanes) is 15. The van der Waals surface area contributed by atoms with Crippen molar-refractivity contribution in [3.63, 3.8) is 0 Å². The number of carbonyl (C=O) groups is 1. The summed E-state index contributed by atoms with van der Waals surface area (Å²) in [7, 11) is 1.85. The Morgan fingerprint density at radius 1 is 0.680 bits per heavy atom. The van der Waals surface area contributed by atoms with E-state index in [9.17, 15) is 9.90 Å². The molecule has 144 valence electrons. The van der Waals surface area contributed by atoms with Crippen molar-refractivity contribution >= 4 is 5.97 Å². The Balaban J connectivity index is 0. The van der Waals surface area contributed by atoms with E-state index in [0.717, 1.165) is 13.0 Å². The monoisotopic (exact) mass is 363 g/mol. The summed E-state index contributed by atoms with van der Waals surface area (Å²) in [5.74, 6) is -0.978. The molecule has 0 bridgehead atoms. The number of carbonyl (C=O) groups excluding carboxylic acids is 1. The normalized spacial score (nSPS) is 10.8. The molecule has 0 atom stereocenters. The quantitative estimate of drug-likeness (QED) is 0.260. The van der Waals surface area contributed by atoms with Gasteiger partial charge in [-0.3, -0.25) is 0 Å². The Bertz CT molecular complexity index is 275. The molecular formula is C21H42NNaO2. The molecule has 0 saturated carbocycles. The molecule has 0 fully saturated rings. The largest absolute Gasteiger partial charge is 1.00 e. The zero-order chi connectivity index (χ0) is 17.9. The maximum absolute atomic E-state index is 10.4. The van der Waals surface area contributed by atoms with Gasteiger partial charge in [0.2, 0.25) is 0 Å². The van der Waals surface area contributed by atoms with Gasteiger partial charge in [-0.2, -0.15) is 0 Å². The van der Waals surface area contributed by atoms with Gasteiger partial charge in [0.25, 0.3) is 0 Å². The zero-order valence-corrected chi connectivity index (χ0v) is 19.5. The van der Waals surface area contributed by atoms with Crippen molar-refractivity contribution in [2.45, 2.75) is 110 Å². The van der Waals surface area contributed by atoms with E-state index >= 15 is 0 Å². The number of likely N-dealkylation sites (N-methyl/N-ethyl adjacent to an activating group) is 1. The van der Waals surface area contributed by atoms with Gasteiger partial charge in [0, 0.05) is 6.54 Å². The molecule has 0 aromatic heterocycles. The maximum Gasteiger partial charge on any atom is 1.00 e. The van der Waals surface area contributed by atoms with E-state index in [1.807, 2.05) is 11.9 Å². The fourth-order valence-electron chi connectivity index (χ4n) is 3.23. The molecule has 3 nitrogen and oxygen atoms in total. The SMILES string of the molecule is CCCCCCCCCCCCCCCCCCN(C)CC(=O)[O-].[Na+]. The molecule has 0 amide bonds. The maximum atomic E-state index is 10.4. The van der Waals surface area contributed by atoms with Crippen LogP contribution in [0.1, 0.15) is 110 Å². The van der Waals surface area contributed by atoms with Gasteiger partial charge < -0.3 is 14.8 Å². The average molecular weight is 364 g/mol. The Labute approximate surface area is 179 Å². The van der Waals surface area contributed by atoms with Crippen LogP contribution in [0, 0.1) is 0 Å². The topological polar surface area (TPSA) is 43.4 Å². The van der Waals surface area contributed by atoms with Crippen LogP contribution >= 0.6 is 0 Å². The summed E-state index contributed by atoms with van der Waals surface area (Å²) in [6.07, 6.45) is 21.9. The first-order valence-corrected chi connectivity index (χ1v) is 10.5. The molecular weight excluding hydrogens is 321 g/mol. The van der Waals surface area contributed by atoms with Gasteiger partial charge in [0.15, 0.2) is 0 Å². The van der Waals surface area contributed by atoms with Crippen molar-refractivity contribution in [2.24, 2.45) is 0 Å². The molecule has 4 heteroatoms. The van der Waals surface area contributed by atoms with E-state index in [1.54, 1.807) is 0 Å². The Morgan fingerprint density at radius 3 is 1.32 bits per heavy atom. The number of carboxylic acid groups (broad SMARTS) is 1. The van der Waals surface area contributed by atoms with Gasteiger partial charge in [-0.25, -0.2) is 0 Å². The van der Waals surface area contributed by atoms with Gasteiger partial charge in [0.05, 0.1) is 5.97 Å². The molecule has 0 radical (unpaired) electrons. The van der Waals surface area contributed by atoms with Crippen molar-refractivity contribution in [1.29, 1.82) is 0 Å². The molecule has 0 saturated heterocycles. The first kappa shape index (κ1) is 27.6. The first-order valence-electron chi connectivity index (χ1n) is 10.5. The van der Waals surface area contributed by atoms with E-state index in [4.69, 9.17) is 0 Å². The molecule has 0 heterocycles. The predicted octanol–water partition coefficient (Wildman–Crippen LogP) is 1.93. The van der Waals surface area contributed by atoms with E-state index < -0.39 is 5.97 Å². The van der Waals surface area contributed by atoms with Gasteiger partial charge in [0.1, 0.15) is 0 Å². The van der Waals surface area contributed by atoms with Crippen LogP contribution in [0.25, 0.3) is 0 Å². The molecule has 0 aliphatic rings. The van der Waals surface area contributed by atoms with Gasteiger partial charge in [-0.15, -0.1) is 0 Å². The molecule has 0 aromatic carbocycles. The summed E-state index contributed by atoms with van der Waals surface area (Å²) >= 11 is 0. The zero-order valence-electron chi connectivity index (χ0n) is 17.5. The first-order chi connectivity index (χ1) is 11.7. The fourth-order valence-corrected chi connectivity index (χ4v) is 3.23. The van der Waals surface area contributed by atoms with Crippen LogP contribution in [0.15, 0.2) is 0 Å². The van der Waals surface area contributed by atoms with E-state index in [-0.39, 0.29) is 36.1 Å². The molecule has 0 spiro atoms. The summed E-state index contributed by atoms with van der Waals surface area (Å²) in [5, 5.41) is 10.4. The van der Waals surface area contributed by atoms with Crippen LogP contribution < -0.4 is 34.7 Å². The van der Waals surface area contributed by atoms with Crippen LogP contribution in [0.2, 0.25) is 0 Å². The van der Waals surface area contributed by atoms with Crippen LogP contribution in [-0.2, 0) is 4.79 Å². The average Bonchev–Trinajstić information content (AvgIpc) is 2.53. The number of rotatable bonds is 19. The Hall–Kier alpha value is 0.430. The summed E-state index contributed by atoms with van der Waals surface area (Å²) in [4.78, 5) is 12.3. The molecule has 0 rings (SSSR count). The summed E-state index contributed by atoms with van der Waals surface area (Å²) in [5.41, 5.74) is 0. The van der Waals surface area contributed by atoms with Crippen molar-refractivity contribution in [3.8, 4) is 0 Å². The van der Waals surface area contributed by atoms with E-state index in [0.29, 0.717) is 0 Å². The van der Waals surface area contributed by atoms with Gasteiger partial charge >= 0.3 is 29.6 Å². The van der Waals surface area contributed by atoms with Gasteiger partial charge in [-0.1, -0.05) is 103 Å². The van der Waals surface area contributed by atoms with Crippen LogP contribution in [0.3, 0.4) is 0 Å². The number of nitrogens with zero attached hydrogens (tertiary/aromatic N) is 1. The van der Waals surface area contributed by atoms with Gasteiger partial charge in [-0.05, 0) is 20.0 Å². The van der Waals surface area contributed by atoms with Crippen molar-refractivity contribution in [3.05, 3.63) is 0 Å². The van der Waals surface area contributed by atoms with E-state index in [1.165, 1.54) is 96.3 Å². The third-order valence-electron chi connectivity index (χ3n) is 4.79. The van der Waals surface area contributed by atoms with Crippen molar-refractivity contribution in [1.82, 2.24) is 4.90 Å². The smallest absolute Gasteiger partial charge is 0.549 e. The second-order valence-electron chi connectivity index (χ2n) is 7.41. The van der Waals surface area contributed by atoms with Crippen LogP contribution in [0.5, 0.6) is 0 Å². The minimum Gasteiger partial charge on any atom is -0.549 e. The third-order valence-corrected chi connectivity index (χ3v) is 4.79. The van der Waals surface area contributed by atoms with Crippen LogP contribution in [-0.4, -0.2) is 31.0 Å². The van der Waals surface area contributed by atoms with Crippen molar-refractivity contribution in [2.75, 3.05) is 20.1 Å². The minimum absolute atomic E-state index is 0. The van der Waals surface area contributed by atoms with E-state index in [2.05, 4.69) is 6.92 Å². The van der Waals surface area contributed by atoms with Crippen LogP contribution in [0.4, 0.5) is 0 Å². The fraction of sp³-hybridized carbons (Fsp3) is 0.952. The number of aliphatic carboxylic acids is 1. The Morgan fingerprint density at radius 2 is 1.00 bits per heavy atom. The standard InChI is InChI=1S/C21H43NO2.Na/c1-3-4-5-6-7-8-9-10-11-12-13-14-15-16-17-18-19-22(2)20-21(23)24;/h3-20H2,1-2H3,(H,23,24);/q;+1/p-1. The molecule has 0 aromatic rings. The summed E-state index contributed by atoms with van der Waals surface area (Å²) < 4.78 is 0. The van der Waals surface area contributed by atoms with Crippen molar-refractivity contribution < 1.29 is 39.5 Å². The predicted molar refractivity (Wildman–Crippen MR) is 102 cm³/mol. The molecule has 0 N–H and O–H groups in total. The molecule has 0 aliphatic heterocycles. The second-order valence-corrected chi connectivity index (χ2v) is 7.41. The Kier molecular flexibility index (Phi) is 24.9. The number of hydrogen-bond donors (Lipinski definition) is 0. The summed E-state index contributed by atoms with van der Waals surface area (Å²) in [6, 6.07) is 0. The summed E-state index contributed by atoms with van der Waals surface area (Å²) in [6.45, 7) is 3.20.